The van der Waals surface area contributed by atoms with E-state index < -0.39 is 27.6 Å². The molecule has 0 radical (unpaired) electrons. The van der Waals surface area contributed by atoms with Gasteiger partial charge in [0, 0.05) is 0 Å². The third-order valence-corrected chi connectivity index (χ3v) is 0. The van der Waals surface area contributed by atoms with E-state index in [4.69, 9.17) is 27.3 Å². The molecule has 0 atom stereocenters. The molecule has 0 saturated carbocycles. The summed E-state index contributed by atoms with van der Waals surface area (Å²) in [6.07, 6.45) is 0. The van der Waals surface area contributed by atoms with Crippen molar-refractivity contribution >= 4 is 0 Å². The fourth-order valence-electron chi connectivity index (χ4n) is 0. The summed E-state index contributed by atoms with van der Waals surface area (Å²) in [5, 5.41) is 0. The van der Waals surface area contributed by atoms with Crippen molar-refractivity contribution in [3.63, 3.8) is 0 Å². The zero-order valence-corrected chi connectivity index (χ0v) is 14.5. The average molecular weight is 381 g/mol. The molecule has 0 fully saturated rings. The van der Waals surface area contributed by atoms with Crippen LogP contribution in [-0.4, -0.2) is 11.0 Å². The Balaban J connectivity index is -0.0000000146. The molecule has 0 aromatic rings. The van der Waals surface area contributed by atoms with Crippen molar-refractivity contribution < 1.29 is 105 Å². The minimum Gasteiger partial charge on any atom is 2.00 e. The van der Waals surface area contributed by atoms with Crippen molar-refractivity contribution in [2.45, 2.75) is 0 Å². The Kier molecular flexibility index (Phi) is 53.4. The molecule has 13 heavy (non-hydrogen) atoms. The van der Waals surface area contributed by atoms with E-state index in [2.05, 4.69) is 0 Å². The predicted molar refractivity (Wildman–Crippen MR) is 7.30 cm³/mol. The maximum Gasteiger partial charge on any atom is 2.00 e. The topological polar surface area (TPSA) is 191 Å². The first kappa shape index (κ1) is 36.8. The van der Waals surface area contributed by atoms with Gasteiger partial charge >= 0.3 is 93.9 Å². The SMILES string of the molecule is [OH-].[OH-].[O]=[Cr](=[O])([O-])[O-].[O]=[Cr](=[O])=[O].[Zn+2].[Zn+2]. The minimum atomic E-state index is -5.75. The van der Waals surface area contributed by atoms with Gasteiger partial charge in [-0.15, -0.1) is 0 Å². The van der Waals surface area contributed by atoms with Crippen LogP contribution >= 0.6 is 0 Å². The second-order valence-electron chi connectivity index (χ2n) is 0.612. The molecular formula is H2Cr2O9Zn2. The van der Waals surface area contributed by atoms with Crippen LogP contribution in [0.5, 0.6) is 0 Å². The van der Waals surface area contributed by atoms with Crippen LogP contribution in [0.4, 0.5) is 0 Å². The van der Waals surface area contributed by atoms with Gasteiger partial charge in [0.1, 0.15) is 0 Å². The van der Waals surface area contributed by atoms with E-state index >= 15 is 0 Å². The molecule has 0 saturated heterocycles. The Morgan fingerprint density at radius 3 is 0.846 bits per heavy atom. The first-order valence-corrected chi connectivity index (χ1v) is 4.81. The normalized spacial score (nSPS) is 6.31. The van der Waals surface area contributed by atoms with Gasteiger partial charge in [0.2, 0.25) is 0 Å². The smallest absolute Gasteiger partial charge is 2.00 e. The summed E-state index contributed by atoms with van der Waals surface area (Å²) in [5.74, 6) is 0. The third kappa shape index (κ3) is 1230. The molecule has 0 aliphatic rings. The fourth-order valence-corrected chi connectivity index (χ4v) is 0. The van der Waals surface area contributed by atoms with Gasteiger partial charge in [-0.1, -0.05) is 0 Å². The molecule has 0 aliphatic carbocycles. The molecule has 0 rings (SSSR count). The monoisotopic (exact) mass is 378 g/mol. The Labute approximate surface area is 104 Å². The van der Waals surface area contributed by atoms with Crippen molar-refractivity contribution in [1.82, 2.24) is 0 Å². The van der Waals surface area contributed by atoms with Gasteiger partial charge in [0.05, 0.1) is 0 Å². The second-order valence-corrected chi connectivity index (χ2v) is 2.52. The molecule has 13 heteroatoms. The molecule has 72 valence electrons. The Morgan fingerprint density at radius 1 is 0.846 bits per heavy atom. The molecule has 0 heterocycles. The molecule has 0 aromatic carbocycles. The first-order chi connectivity index (χ1) is 3.73. The maximum atomic E-state index is 8.59. The van der Waals surface area contributed by atoms with Gasteiger partial charge in [-0.05, 0) is 0 Å². The summed E-state index contributed by atoms with van der Waals surface area (Å²) in [5.41, 5.74) is 0. The fraction of sp³-hybridized carbons (Fsp3) is 0. The van der Waals surface area contributed by atoms with Crippen molar-refractivity contribution in [1.29, 1.82) is 0 Å². The van der Waals surface area contributed by atoms with Crippen LogP contribution in [0.15, 0.2) is 0 Å². The van der Waals surface area contributed by atoms with Crippen LogP contribution in [-0.2, 0) is 85.5 Å². The van der Waals surface area contributed by atoms with E-state index in [1.165, 1.54) is 0 Å². The largest absolute Gasteiger partial charge is 2.00 e. The van der Waals surface area contributed by atoms with Crippen LogP contribution in [0.1, 0.15) is 0 Å². The van der Waals surface area contributed by atoms with Crippen LogP contribution in [0.2, 0.25) is 0 Å². The minimum absolute atomic E-state index is 0. The van der Waals surface area contributed by atoms with Crippen LogP contribution in [0.3, 0.4) is 0 Å². The summed E-state index contributed by atoms with van der Waals surface area (Å²) in [6, 6.07) is 0. The summed E-state index contributed by atoms with van der Waals surface area (Å²) in [6.45, 7) is 0. The molecule has 9 nitrogen and oxygen atoms in total. The van der Waals surface area contributed by atoms with Gasteiger partial charge in [-0.2, -0.15) is 0 Å². The zero-order chi connectivity index (χ0) is 8.08. The number of hydrogen-bond donors (Lipinski definition) is 0. The third-order valence-electron chi connectivity index (χ3n) is 0. The van der Waals surface area contributed by atoms with Crippen LogP contribution in [0, 0.1) is 0 Å². The molecule has 0 unspecified atom stereocenters. The molecule has 0 aliphatic heterocycles. The zero-order valence-electron chi connectivity index (χ0n) is 5.98. The van der Waals surface area contributed by atoms with Gasteiger partial charge in [0.15, 0.2) is 0 Å². The number of hydrogen-bond acceptors (Lipinski definition) is 9. The predicted octanol–water partition coefficient (Wildman–Crippen LogP) is -3.34. The van der Waals surface area contributed by atoms with Gasteiger partial charge in [0.25, 0.3) is 0 Å². The van der Waals surface area contributed by atoms with Crippen molar-refractivity contribution in [3.05, 3.63) is 0 Å². The van der Waals surface area contributed by atoms with E-state index in [9.17, 15) is 0 Å². The standard InChI is InChI=1S/2Cr.2H2O.7O.2Zn/h;;2*1H2;;;;;;;;;/q;;;;;;;;;2*-1;2*+2/p-2. The van der Waals surface area contributed by atoms with Gasteiger partial charge in [-0.3, -0.25) is 0 Å². The van der Waals surface area contributed by atoms with Crippen LogP contribution < -0.4 is 8.32 Å². The first-order valence-electron chi connectivity index (χ1n) is 1.17. The molecule has 0 bridgehead atoms. The maximum absolute atomic E-state index is 8.59. The van der Waals surface area contributed by atoms with E-state index in [0.29, 0.717) is 0 Å². The molecule has 0 spiro atoms. The molecule has 2 N–H and O–H groups in total. The van der Waals surface area contributed by atoms with Crippen molar-refractivity contribution in [3.8, 4) is 0 Å². The molecular weight excluding hydrogens is 379 g/mol. The van der Waals surface area contributed by atoms with Crippen molar-refractivity contribution in [2.24, 2.45) is 0 Å². The van der Waals surface area contributed by atoms with Gasteiger partial charge < -0.3 is 11.0 Å². The Hall–Kier alpha value is 1.15. The summed E-state index contributed by atoms with van der Waals surface area (Å²) in [7, 11) is 0. The van der Waals surface area contributed by atoms with E-state index in [1.54, 1.807) is 0 Å². The van der Waals surface area contributed by atoms with Crippen molar-refractivity contribution in [2.75, 3.05) is 0 Å². The summed E-state index contributed by atoms with van der Waals surface area (Å²) in [4.78, 5) is 0. The summed E-state index contributed by atoms with van der Waals surface area (Å²) < 4.78 is 60.0. The van der Waals surface area contributed by atoms with E-state index in [1.807, 2.05) is 0 Å². The van der Waals surface area contributed by atoms with E-state index in [-0.39, 0.29) is 49.9 Å². The summed E-state index contributed by atoms with van der Waals surface area (Å²) >= 11 is -9.54. The second kappa shape index (κ2) is 18.8. The Morgan fingerprint density at radius 2 is 0.846 bits per heavy atom. The van der Waals surface area contributed by atoms with Crippen LogP contribution in [0.25, 0.3) is 0 Å². The number of rotatable bonds is 0. The average Bonchev–Trinajstić information content (AvgIpc) is 1.19. The quantitative estimate of drug-likeness (QED) is 0.386. The Bertz CT molecular complexity index is 228. The van der Waals surface area contributed by atoms with E-state index in [0.717, 1.165) is 0 Å². The molecule has 0 amide bonds. The molecule has 0 aromatic heterocycles. The van der Waals surface area contributed by atoms with Gasteiger partial charge in [-0.25, -0.2) is 0 Å².